The average Bonchev–Trinajstić information content (AvgIpc) is 2.36. The van der Waals surface area contributed by atoms with Gasteiger partial charge in [0.15, 0.2) is 5.78 Å². The van der Waals surface area contributed by atoms with Gasteiger partial charge in [0, 0.05) is 19.8 Å². The van der Waals surface area contributed by atoms with E-state index in [4.69, 9.17) is 9.47 Å². The fourth-order valence-corrected chi connectivity index (χ4v) is 2.45. The molecule has 0 saturated carbocycles. The van der Waals surface area contributed by atoms with Crippen molar-refractivity contribution in [3.63, 3.8) is 0 Å². The summed E-state index contributed by atoms with van der Waals surface area (Å²) < 4.78 is 10.7. The molecule has 0 aliphatic heterocycles. The molecule has 0 aromatic heterocycles. The molecular weight excluding hydrogens is 216 g/mol. The predicted octanol–water partition coefficient (Wildman–Crippen LogP) is 2.24. The van der Waals surface area contributed by atoms with E-state index < -0.39 is 6.10 Å². The average molecular weight is 234 g/mol. The Morgan fingerprint density at radius 1 is 1.18 bits per heavy atom. The third kappa shape index (κ3) is 2.40. The van der Waals surface area contributed by atoms with Gasteiger partial charge in [0.2, 0.25) is 0 Å². The number of benzene rings is 1. The fraction of sp³-hybridized carbons (Fsp3) is 0.500. The Kier molecular flexibility index (Phi) is 3.92. The van der Waals surface area contributed by atoms with Crippen molar-refractivity contribution in [1.82, 2.24) is 0 Å². The van der Waals surface area contributed by atoms with E-state index in [2.05, 4.69) is 0 Å². The molecule has 0 heterocycles. The highest BCUT2D eigenvalue weighted by molar-refractivity contribution is 6.01. The van der Waals surface area contributed by atoms with Crippen LogP contribution in [0.15, 0.2) is 24.3 Å². The third-order valence-electron chi connectivity index (χ3n) is 3.37. The van der Waals surface area contributed by atoms with Crippen molar-refractivity contribution < 1.29 is 14.3 Å². The molecule has 1 aliphatic carbocycles. The number of rotatable bonds is 2. The van der Waals surface area contributed by atoms with Gasteiger partial charge in [-0.15, -0.1) is 0 Å². The highest BCUT2D eigenvalue weighted by Gasteiger charge is 2.31. The SMILES string of the molecule is COC1CCCc2ccccc2C(=O)C1OC. The minimum absolute atomic E-state index is 0.0367. The molecular formula is C14H18O3. The van der Waals surface area contributed by atoms with Crippen LogP contribution in [0.25, 0.3) is 0 Å². The van der Waals surface area contributed by atoms with Gasteiger partial charge in [0.25, 0.3) is 0 Å². The number of carbonyl (C=O) groups excluding carboxylic acids is 1. The number of ether oxygens (including phenoxy) is 2. The zero-order valence-corrected chi connectivity index (χ0v) is 10.3. The molecule has 3 nitrogen and oxygen atoms in total. The van der Waals surface area contributed by atoms with Gasteiger partial charge < -0.3 is 9.47 Å². The van der Waals surface area contributed by atoms with Crippen LogP contribution in [0.2, 0.25) is 0 Å². The van der Waals surface area contributed by atoms with Gasteiger partial charge in [-0.25, -0.2) is 0 Å². The van der Waals surface area contributed by atoms with Crippen molar-refractivity contribution in [2.75, 3.05) is 14.2 Å². The summed E-state index contributed by atoms with van der Waals surface area (Å²) >= 11 is 0. The van der Waals surface area contributed by atoms with Crippen LogP contribution in [0.1, 0.15) is 28.8 Å². The number of hydrogen-bond acceptors (Lipinski definition) is 3. The first kappa shape index (κ1) is 12.3. The lowest BCUT2D eigenvalue weighted by molar-refractivity contribution is -0.0276. The van der Waals surface area contributed by atoms with Crippen molar-refractivity contribution in [2.24, 2.45) is 0 Å². The number of fused-ring (bicyclic) bond motifs is 1. The molecule has 0 spiro atoms. The molecule has 1 aromatic rings. The Morgan fingerprint density at radius 2 is 1.94 bits per heavy atom. The van der Waals surface area contributed by atoms with Crippen molar-refractivity contribution in [3.8, 4) is 0 Å². The topological polar surface area (TPSA) is 35.5 Å². The van der Waals surface area contributed by atoms with Gasteiger partial charge in [-0.2, -0.15) is 0 Å². The molecule has 1 aromatic carbocycles. The second-order valence-electron chi connectivity index (χ2n) is 4.34. The smallest absolute Gasteiger partial charge is 0.194 e. The number of Topliss-reactive ketones (excluding diaryl/α,β-unsaturated/α-hetero) is 1. The summed E-state index contributed by atoms with van der Waals surface area (Å²) in [6.45, 7) is 0. The molecule has 2 atom stereocenters. The maximum Gasteiger partial charge on any atom is 0.194 e. The van der Waals surface area contributed by atoms with Crippen LogP contribution in [-0.4, -0.2) is 32.2 Å². The molecule has 0 saturated heterocycles. The second-order valence-corrected chi connectivity index (χ2v) is 4.34. The Morgan fingerprint density at radius 3 is 2.65 bits per heavy atom. The zero-order chi connectivity index (χ0) is 12.3. The molecule has 0 N–H and O–H groups in total. The predicted molar refractivity (Wildman–Crippen MR) is 65.3 cm³/mol. The summed E-state index contributed by atoms with van der Waals surface area (Å²) in [7, 11) is 3.20. The summed E-state index contributed by atoms with van der Waals surface area (Å²) in [5, 5.41) is 0. The lowest BCUT2D eigenvalue weighted by Gasteiger charge is -2.27. The maximum atomic E-state index is 12.4. The fourth-order valence-electron chi connectivity index (χ4n) is 2.45. The Labute approximate surface area is 102 Å². The summed E-state index contributed by atoms with van der Waals surface area (Å²) in [5.74, 6) is 0.0367. The van der Waals surface area contributed by atoms with Crippen LogP contribution < -0.4 is 0 Å². The Balaban J connectivity index is 2.37. The maximum absolute atomic E-state index is 12.4. The molecule has 0 amide bonds. The van der Waals surface area contributed by atoms with Gasteiger partial charge in [0.05, 0.1) is 6.10 Å². The molecule has 92 valence electrons. The van der Waals surface area contributed by atoms with Crippen LogP contribution >= 0.6 is 0 Å². The van der Waals surface area contributed by atoms with Gasteiger partial charge in [-0.1, -0.05) is 24.3 Å². The molecule has 0 bridgehead atoms. The van der Waals surface area contributed by atoms with E-state index >= 15 is 0 Å². The molecule has 2 rings (SSSR count). The normalized spacial score (nSPS) is 24.9. The van der Waals surface area contributed by atoms with Crippen LogP contribution in [0.3, 0.4) is 0 Å². The number of ketones is 1. The first-order valence-corrected chi connectivity index (χ1v) is 5.95. The number of methoxy groups -OCH3 is 2. The highest BCUT2D eigenvalue weighted by Crippen LogP contribution is 2.23. The molecule has 17 heavy (non-hydrogen) atoms. The lowest BCUT2D eigenvalue weighted by Crippen LogP contribution is -2.38. The zero-order valence-electron chi connectivity index (χ0n) is 10.3. The van der Waals surface area contributed by atoms with Gasteiger partial charge >= 0.3 is 0 Å². The van der Waals surface area contributed by atoms with E-state index in [1.807, 2.05) is 24.3 Å². The van der Waals surface area contributed by atoms with Crippen molar-refractivity contribution >= 4 is 5.78 Å². The first-order valence-electron chi connectivity index (χ1n) is 5.95. The van der Waals surface area contributed by atoms with Gasteiger partial charge in [0.1, 0.15) is 6.10 Å². The van der Waals surface area contributed by atoms with Crippen molar-refractivity contribution in [1.29, 1.82) is 0 Å². The van der Waals surface area contributed by atoms with E-state index in [-0.39, 0.29) is 11.9 Å². The van der Waals surface area contributed by atoms with E-state index in [1.165, 1.54) is 0 Å². The highest BCUT2D eigenvalue weighted by atomic mass is 16.5. The minimum atomic E-state index is -0.485. The van der Waals surface area contributed by atoms with E-state index in [9.17, 15) is 4.79 Å². The molecule has 0 fully saturated rings. The largest absolute Gasteiger partial charge is 0.378 e. The molecule has 3 heteroatoms. The minimum Gasteiger partial charge on any atom is -0.378 e. The molecule has 0 radical (unpaired) electrons. The number of hydrogen-bond donors (Lipinski definition) is 0. The standard InChI is InChI=1S/C14H18O3/c1-16-12-9-5-7-10-6-3-4-8-11(10)13(15)14(12)17-2/h3-4,6,8,12,14H,5,7,9H2,1-2H3. The van der Waals surface area contributed by atoms with Crippen molar-refractivity contribution in [2.45, 2.75) is 31.5 Å². The molecule has 2 unspecified atom stereocenters. The molecule has 1 aliphatic rings. The lowest BCUT2D eigenvalue weighted by atomic mass is 9.89. The summed E-state index contributed by atoms with van der Waals surface area (Å²) in [6.07, 6.45) is 2.18. The van der Waals surface area contributed by atoms with E-state index in [0.717, 1.165) is 30.4 Å². The quantitative estimate of drug-likeness (QED) is 0.787. The van der Waals surface area contributed by atoms with Crippen LogP contribution in [0, 0.1) is 0 Å². The number of carbonyl (C=O) groups is 1. The first-order chi connectivity index (χ1) is 8.27. The monoisotopic (exact) mass is 234 g/mol. The van der Waals surface area contributed by atoms with Crippen LogP contribution in [0.5, 0.6) is 0 Å². The van der Waals surface area contributed by atoms with E-state index in [1.54, 1.807) is 14.2 Å². The summed E-state index contributed by atoms with van der Waals surface area (Å²) in [6, 6.07) is 7.77. The van der Waals surface area contributed by atoms with Gasteiger partial charge in [-0.3, -0.25) is 4.79 Å². The van der Waals surface area contributed by atoms with E-state index in [0.29, 0.717) is 0 Å². The second kappa shape index (κ2) is 5.43. The summed E-state index contributed by atoms with van der Waals surface area (Å²) in [4.78, 5) is 12.4. The Hall–Kier alpha value is -1.19. The summed E-state index contributed by atoms with van der Waals surface area (Å²) in [5.41, 5.74) is 1.90. The Bertz CT molecular complexity index is 400. The van der Waals surface area contributed by atoms with Crippen LogP contribution in [0.4, 0.5) is 0 Å². The van der Waals surface area contributed by atoms with Gasteiger partial charge in [-0.05, 0) is 24.8 Å². The van der Waals surface area contributed by atoms with Crippen LogP contribution in [-0.2, 0) is 15.9 Å². The van der Waals surface area contributed by atoms with Crippen molar-refractivity contribution in [3.05, 3.63) is 35.4 Å². The third-order valence-corrected chi connectivity index (χ3v) is 3.37. The number of aryl methyl sites for hydroxylation is 1.